The molecule has 0 amide bonds. The first-order valence-corrected chi connectivity index (χ1v) is 19.1. The van der Waals surface area contributed by atoms with Crippen molar-refractivity contribution in [2.24, 2.45) is 0 Å². The van der Waals surface area contributed by atoms with Gasteiger partial charge in [0.1, 0.15) is 23.8 Å². The predicted octanol–water partition coefficient (Wildman–Crippen LogP) is 0.859. The third-order valence-corrected chi connectivity index (χ3v) is 11.9. The van der Waals surface area contributed by atoms with Gasteiger partial charge in [-0.3, -0.25) is 23.4 Å². The number of hydrogen-bond donors (Lipinski definition) is 5. The van der Waals surface area contributed by atoms with Crippen LogP contribution in [0.15, 0.2) is 23.4 Å². The molecule has 4 aromatic heterocycles. The smallest absolute Gasteiger partial charge is 0.325 e. The van der Waals surface area contributed by atoms with E-state index in [1.807, 2.05) is 0 Å². The number of ether oxygens (including phenoxy) is 1. The first kappa shape index (κ1) is 32.2. The maximum absolute atomic E-state index is 16.0. The zero-order valence-electron chi connectivity index (χ0n) is 22.6. The van der Waals surface area contributed by atoms with Crippen LogP contribution in [0.25, 0.3) is 22.3 Å². The number of thioether (sulfide) groups is 1. The van der Waals surface area contributed by atoms with Crippen LogP contribution in [-0.4, -0.2) is 98.2 Å². The number of nitrogens with two attached hydrogens (primary N) is 2. The summed E-state index contributed by atoms with van der Waals surface area (Å²) in [5.41, 5.74) is 10.7. The summed E-state index contributed by atoms with van der Waals surface area (Å²) < 4.78 is 77.2. The third kappa shape index (κ3) is 5.52. The van der Waals surface area contributed by atoms with Gasteiger partial charge in [0.25, 0.3) is 5.56 Å². The lowest BCUT2D eigenvalue weighted by Gasteiger charge is -2.28. The number of aromatic nitrogens is 8. The minimum absolute atomic E-state index is 0.0209. The number of pyridine rings is 1. The molecule has 3 saturated heterocycles. The summed E-state index contributed by atoms with van der Waals surface area (Å²) in [5.74, 6) is -4.24. The van der Waals surface area contributed by atoms with Gasteiger partial charge in [-0.15, -0.1) is 16.9 Å². The first-order chi connectivity index (χ1) is 21.6. The molecule has 26 heteroatoms. The van der Waals surface area contributed by atoms with Crippen LogP contribution in [0.5, 0.6) is 0 Å². The van der Waals surface area contributed by atoms with E-state index < -0.39 is 79.5 Å². The van der Waals surface area contributed by atoms with Crippen molar-refractivity contribution in [2.75, 3.05) is 24.7 Å². The van der Waals surface area contributed by atoms with E-state index in [-0.39, 0.29) is 34.0 Å². The molecule has 2 bridgehead atoms. The monoisotopic (exact) mass is 744 g/mol. The number of alkyl halides is 3. The van der Waals surface area contributed by atoms with Crippen LogP contribution in [0, 0.1) is 0 Å². The molecule has 0 aliphatic carbocycles. The molecule has 0 spiro atoms. The quantitative estimate of drug-likeness (QED) is 0.179. The third-order valence-electron chi connectivity index (χ3n) is 7.26. The Hall–Kier alpha value is -2.34. The van der Waals surface area contributed by atoms with Crippen LogP contribution >= 0.6 is 25.2 Å². The molecule has 7 N–H and O–H groups in total. The van der Waals surface area contributed by atoms with Gasteiger partial charge in [-0.25, -0.2) is 14.4 Å². The lowest BCUT2D eigenvalue weighted by Crippen LogP contribution is -2.41. The molecule has 4 aromatic rings. The average Bonchev–Trinajstić information content (AvgIpc) is 3.71. The Morgan fingerprint density at radius 1 is 1.11 bits per heavy atom. The maximum Gasteiger partial charge on any atom is 0.325 e. The standard InChI is InChI=1S/C20H21F3N10O8P2S3/c21-9-8-4-38-43(36,45)41-13-7(39-18(20(13,22)23)33-14-10(30-31-33)6(24)1-2-26-14)3-37-42(35,44)40-12(9)17(46-8)32-5-27-11-15(32)28-19(25)29-16(11)34/h1-2,5,7-9,12-13,17-18H,3-4H2,(H2,24,26)(H,35,44)(H,36,45)(H3,25,28,29,34)/t7-,8-,9+,12-,13-,17-,18-,42?,43?/m1/s1. The fraction of sp³-hybridized carbons (Fsp3) is 0.500. The van der Waals surface area contributed by atoms with E-state index in [0.29, 0.717) is 4.68 Å². The highest BCUT2D eigenvalue weighted by molar-refractivity contribution is 8.07. The predicted molar refractivity (Wildman–Crippen MR) is 161 cm³/mol. The molecule has 7 heterocycles. The Morgan fingerprint density at radius 2 is 1.85 bits per heavy atom. The van der Waals surface area contributed by atoms with Crippen molar-refractivity contribution in [3.63, 3.8) is 0 Å². The van der Waals surface area contributed by atoms with Gasteiger partial charge in [-0.1, -0.05) is 5.21 Å². The summed E-state index contributed by atoms with van der Waals surface area (Å²) in [6, 6.07) is 1.40. The van der Waals surface area contributed by atoms with Crippen LogP contribution in [0.2, 0.25) is 0 Å². The Balaban J connectivity index is 1.23. The molecular formula is C20H21F3N10O8P2S3. The van der Waals surface area contributed by atoms with Gasteiger partial charge in [-0.2, -0.15) is 18.4 Å². The second kappa shape index (κ2) is 11.4. The summed E-state index contributed by atoms with van der Waals surface area (Å²) in [6.07, 6.45) is -7.44. The fourth-order valence-corrected chi connectivity index (χ4v) is 9.70. The topological polar surface area (TPSA) is 246 Å². The van der Waals surface area contributed by atoms with Crippen molar-refractivity contribution in [2.45, 2.75) is 47.3 Å². The number of nitrogen functional groups attached to an aromatic ring is 2. The second-order valence-corrected chi connectivity index (χ2v) is 17.2. The number of imidazole rings is 1. The lowest BCUT2D eigenvalue weighted by molar-refractivity contribution is -0.140. The minimum Gasteiger partial charge on any atom is -0.397 e. The van der Waals surface area contributed by atoms with Crippen molar-refractivity contribution in [3.05, 3.63) is 28.9 Å². The van der Waals surface area contributed by atoms with Crippen LogP contribution in [-0.2, 0) is 46.4 Å². The Kier molecular flexibility index (Phi) is 7.97. The number of nitrogens with zero attached hydrogens (tertiary/aromatic N) is 7. The Morgan fingerprint density at radius 3 is 2.63 bits per heavy atom. The molecule has 2 unspecified atom stereocenters. The normalized spacial score (nSPS) is 36.7. The van der Waals surface area contributed by atoms with Crippen LogP contribution in [0.1, 0.15) is 11.6 Å². The van der Waals surface area contributed by atoms with Crippen LogP contribution < -0.4 is 17.0 Å². The highest BCUT2D eigenvalue weighted by atomic mass is 32.5. The van der Waals surface area contributed by atoms with Gasteiger partial charge >= 0.3 is 19.4 Å². The summed E-state index contributed by atoms with van der Waals surface area (Å²) in [6.45, 7) is -10.5. The van der Waals surface area contributed by atoms with E-state index in [9.17, 15) is 14.6 Å². The summed E-state index contributed by atoms with van der Waals surface area (Å²) in [7, 11) is 0. The van der Waals surface area contributed by atoms with E-state index >= 15 is 13.2 Å². The number of hydrogen-bond acceptors (Lipinski definition) is 16. The van der Waals surface area contributed by atoms with Crippen LogP contribution in [0.4, 0.5) is 24.8 Å². The van der Waals surface area contributed by atoms with E-state index in [4.69, 9.17) is 57.9 Å². The number of rotatable bonds is 2. The van der Waals surface area contributed by atoms with Gasteiger partial charge < -0.3 is 35.0 Å². The van der Waals surface area contributed by atoms with E-state index in [0.717, 1.165) is 11.8 Å². The van der Waals surface area contributed by atoms with Crippen molar-refractivity contribution < 1.29 is 45.8 Å². The molecule has 3 fully saturated rings. The SMILES string of the molecule is Nc1nc2c(ncn2[C@@H]2S[C@@H]3COP(O)(=S)O[C@@H]4[C@@H](COP(O)(=S)O[C@@H]2[C@H]3F)O[C@@H](n2nnc3c(N)ccnc32)C4(F)F)c(=O)[nH]1. The largest absolute Gasteiger partial charge is 0.397 e. The summed E-state index contributed by atoms with van der Waals surface area (Å²) in [4.78, 5) is 48.6. The van der Waals surface area contributed by atoms with Gasteiger partial charge in [0.15, 0.2) is 28.4 Å². The molecule has 0 aromatic carbocycles. The van der Waals surface area contributed by atoms with Gasteiger partial charge in [-0.05, 0) is 29.7 Å². The van der Waals surface area contributed by atoms with Crippen molar-refractivity contribution in [3.8, 4) is 0 Å². The van der Waals surface area contributed by atoms with Crippen LogP contribution in [0.3, 0.4) is 0 Å². The number of nitrogens with one attached hydrogen (secondary N) is 1. The molecule has 18 nitrogen and oxygen atoms in total. The van der Waals surface area contributed by atoms with E-state index in [1.54, 1.807) is 0 Å². The van der Waals surface area contributed by atoms with E-state index in [1.165, 1.54) is 23.2 Å². The zero-order chi connectivity index (χ0) is 32.8. The molecule has 3 aliphatic rings. The van der Waals surface area contributed by atoms with Crippen molar-refractivity contribution in [1.29, 1.82) is 0 Å². The number of anilines is 2. The maximum atomic E-state index is 16.0. The fourth-order valence-electron chi connectivity index (χ4n) is 5.21. The molecular weight excluding hydrogens is 723 g/mol. The summed E-state index contributed by atoms with van der Waals surface area (Å²) >= 11 is 11.1. The van der Waals surface area contributed by atoms with Crippen molar-refractivity contribution in [1.82, 2.24) is 39.5 Å². The average molecular weight is 745 g/mol. The number of halogens is 3. The number of H-pyrrole nitrogens is 1. The molecule has 7 rings (SSSR count). The highest BCUT2D eigenvalue weighted by Crippen LogP contribution is 2.58. The lowest BCUT2D eigenvalue weighted by atomic mass is 10.1. The number of aromatic amines is 1. The second-order valence-electron chi connectivity index (χ2n) is 10.2. The minimum atomic E-state index is -4.54. The molecule has 0 saturated carbocycles. The molecule has 3 aliphatic heterocycles. The highest BCUT2D eigenvalue weighted by Gasteiger charge is 2.63. The van der Waals surface area contributed by atoms with Gasteiger partial charge in [0.2, 0.25) is 12.2 Å². The summed E-state index contributed by atoms with van der Waals surface area (Å²) in [5, 5.41) is 5.23. The van der Waals surface area contributed by atoms with Gasteiger partial charge in [0, 0.05) is 6.20 Å². The van der Waals surface area contributed by atoms with Crippen molar-refractivity contribution >= 4 is 82.8 Å². The molecule has 9 atom stereocenters. The van der Waals surface area contributed by atoms with E-state index in [2.05, 4.69) is 30.2 Å². The first-order valence-electron chi connectivity index (χ1n) is 13.0. The zero-order valence-corrected chi connectivity index (χ0v) is 26.8. The molecule has 0 radical (unpaired) electrons. The Bertz CT molecular complexity index is 2000. The molecule has 46 heavy (non-hydrogen) atoms. The number of fused-ring (bicyclic) bond motifs is 5. The van der Waals surface area contributed by atoms with Gasteiger partial charge in [0.05, 0.1) is 30.5 Å². The molecule has 248 valence electrons. The Labute approximate surface area is 268 Å².